The third-order valence-electron chi connectivity index (χ3n) is 3.97. The van der Waals surface area contributed by atoms with Crippen molar-refractivity contribution < 1.29 is 4.92 Å². The van der Waals surface area contributed by atoms with E-state index in [1.165, 1.54) is 0 Å². The largest absolute Gasteiger partial charge is 0.388 e. The molecule has 0 unspecified atom stereocenters. The number of nitro benzene ring substituents is 1. The van der Waals surface area contributed by atoms with E-state index in [1.54, 1.807) is 6.07 Å². The number of nitrogens with one attached hydrogen (secondary N) is 1. The molecule has 0 aliphatic carbocycles. The summed E-state index contributed by atoms with van der Waals surface area (Å²) in [4.78, 5) is 10.3. The first-order valence-electron chi connectivity index (χ1n) is 7.83. The van der Waals surface area contributed by atoms with Gasteiger partial charge in [0.05, 0.1) is 21.7 Å². The van der Waals surface area contributed by atoms with Crippen LogP contribution >= 0.6 is 0 Å². The first-order chi connectivity index (χ1) is 13.1. The molecule has 0 aromatic heterocycles. The highest BCUT2D eigenvalue weighted by atomic mass is 16.6. The van der Waals surface area contributed by atoms with Gasteiger partial charge in [0, 0.05) is 35.6 Å². The molecule has 130 valence electrons. The Morgan fingerprint density at radius 3 is 2.19 bits per heavy atom. The van der Waals surface area contributed by atoms with E-state index in [-0.39, 0.29) is 22.5 Å². The molecule has 8 nitrogen and oxygen atoms in total. The number of hydrogen-bond acceptors (Lipinski definition) is 7. The van der Waals surface area contributed by atoms with E-state index in [1.807, 2.05) is 49.5 Å². The van der Waals surface area contributed by atoms with Crippen LogP contribution in [0.5, 0.6) is 0 Å². The normalized spacial score (nSPS) is 10.5. The fraction of sp³-hybridized carbons (Fsp3) is 0.0526. The summed E-state index contributed by atoms with van der Waals surface area (Å²) < 4.78 is 0. The number of nitrogens with zero attached hydrogens (tertiary/aromatic N) is 5. The van der Waals surface area contributed by atoms with Crippen LogP contribution in [0.15, 0.2) is 58.8 Å². The lowest BCUT2D eigenvalue weighted by molar-refractivity contribution is -0.384. The summed E-state index contributed by atoms with van der Waals surface area (Å²) in [5.74, 6) is 0. The van der Waals surface area contributed by atoms with Crippen LogP contribution in [-0.4, -0.2) is 12.0 Å². The Kier molecular flexibility index (Phi) is 4.73. The van der Waals surface area contributed by atoms with Crippen molar-refractivity contribution in [1.29, 1.82) is 10.5 Å². The molecule has 0 saturated carbocycles. The third kappa shape index (κ3) is 3.28. The molecule has 0 bridgehead atoms. The monoisotopic (exact) mass is 356 g/mol. The van der Waals surface area contributed by atoms with Crippen LogP contribution in [0.4, 0.5) is 22.7 Å². The number of non-ortho nitro benzene ring substituents is 1. The molecule has 3 rings (SSSR count). The van der Waals surface area contributed by atoms with Gasteiger partial charge in [-0.2, -0.15) is 10.5 Å². The van der Waals surface area contributed by atoms with Gasteiger partial charge in [-0.15, -0.1) is 10.2 Å². The van der Waals surface area contributed by atoms with Crippen LogP contribution in [0, 0.1) is 32.8 Å². The molecular weight excluding hydrogens is 344 g/mol. The molecule has 0 saturated heterocycles. The van der Waals surface area contributed by atoms with Gasteiger partial charge in [0.2, 0.25) is 0 Å². The summed E-state index contributed by atoms with van der Waals surface area (Å²) >= 11 is 0. The summed E-state index contributed by atoms with van der Waals surface area (Å²) in [7, 11) is 1.82. The minimum Gasteiger partial charge on any atom is -0.388 e. The van der Waals surface area contributed by atoms with Crippen LogP contribution in [0.1, 0.15) is 11.1 Å². The molecule has 8 heteroatoms. The molecular formula is C19H12N6O2. The van der Waals surface area contributed by atoms with Gasteiger partial charge in [-0.05, 0) is 12.1 Å². The van der Waals surface area contributed by atoms with Crippen LogP contribution in [0.3, 0.4) is 0 Å². The zero-order valence-corrected chi connectivity index (χ0v) is 14.2. The van der Waals surface area contributed by atoms with Crippen molar-refractivity contribution in [3.05, 3.63) is 69.8 Å². The zero-order valence-electron chi connectivity index (χ0n) is 14.2. The minimum atomic E-state index is -0.660. The Labute approximate surface area is 154 Å². The van der Waals surface area contributed by atoms with E-state index >= 15 is 0 Å². The minimum absolute atomic E-state index is 0.00683. The Balaban J connectivity index is 2.15. The average Bonchev–Trinajstić information content (AvgIpc) is 2.71. The molecule has 0 fully saturated rings. The smallest absolute Gasteiger partial charge is 0.272 e. The van der Waals surface area contributed by atoms with Crippen molar-refractivity contribution in [1.82, 2.24) is 0 Å². The number of hydrogen-bond donors (Lipinski definition) is 1. The number of azo groups is 1. The molecule has 1 N–H and O–H groups in total. The molecule has 3 aromatic rings. The van der Waals surface area contributed by atoms with Gasteiger partial charge in [-0.3, -0.25) is 10.1 Å². The quantitative estimate of drug-likeness (QED) is 0.402. The molecule has 0 heterocycles. The van der Waals surface area contributed by atoms with Crippen molar-refractivity contribution in [2.45, 2.75) is 0 Å². The van der Waals surface area contributed by atoms with E-state index in [0.29, 0.717) is 5.69 Å². The van der Waals surface area contributed by atoms with E-state index in [2.05, 4.69) is 15.5 Å². The van der Waals surface area contributed by atoms with Gasteiger partial charge in [0.1, 0.15) is 17.8 Å². The van der Waals surface area contributed by atoms with Crippen LogP contribution in [-0.2, 0) is 0 Å². The number of nitriles is 2. The summed E-state index contributed by atoms with van der Waals surface area (Å²) in [6, 6.07) is 17.1. The zero-order chi connectivity index (χ0) is 19.4. The molecule has 3 aromatic carbocycles. The summed E-state index contributed by atoms with van der Waals surface area (Å²) in [5, 5.41) is 42.7. The number of nitro groups is 1. The van der Waals surface area contributed by atoms with Crippen LogP contribution in [0.2, 0.25) is 0 Å². The number of fused-ring (bicyclic) bond motifs is 1. The van der Waals surface area contributed by atoms with Crippen molar-refractivity contribution in [2.24, 2.45) is 10.2 Å². The number of anilines is 1. The van der Waals surface area contributed by atoms with E-state index in [9.17, 15) is 20.6 Å². The van der Waals surface area contributed by atoms with Crippen LogP contribution < -0.4 is 5.32 Å². The maximum absolute atomic E-state index is 11.0. The average molecular weight is 356 g/mol. The molecule has 0 spiro atoms. The summed E-state index contributed by atoms with van der Waals surface area (Å²) in [6.07, 6.45) is 0. The van der Waals surface area contributed by atoms with Crippen molar-refractivity contribution in [3.8, 4) is 12.1 Å². The van der Waals surface area contributed by atoms with Gasteiger partial charge >= 0.3 is 0 Å². The predicted octanol–water partition coefficient (Wildman–Crippen LogP) is 4.95. The molecule has 0 atom stereocenters. The SMILES string of the molecule is CNc1ccc(N=Nc2c(C#N)cc([N+](=O)[O-])cc2C#N)c2ccccc12. The van der Waals surface area contributed by atoms with E-state index in [0.717, 1.165) is 28.6 Å². The second-order valence-electron chi connectivity index (χ2n) is 5.50. The van der Waals surface area contributed by atoms with Gasteiger partial charge in [0.15, 0.2) is 0 Å². The molecule has 27 heavy (non-hydrogen) atoms. The molecule has 0 aliphatic rings. The van der Waals surface area contributed by atoms with Crippen molar-refractivity contribution in [3.63, 3.8) is 0 Å². The standard InChI is InChI=1S/C19H12N6O2/c1-22-17-6-7-18(16-5-3-2-4-15(16)17)23-24-19-12(10-20)8-14(25(26)27)9-13(19)11-21/h2-9,22H,1H3. The Hall–Kier alpha value is -4.30. The van der Waals surface area contributed by atoms with Crippen molar-refractivity contribution in [2.75, 3.05) is 12.4 Å². The second kappa shape index (κ2) is 7.30. The lowest BCUT2D eigenvalue weighted by Crippen LogP contribution is -1.92. The lowest BCUT2D eigenvalue weighted by Gasteiger charge is -2.07. The molecule has 0 aliphatic heterocycles. The van der Waals surface area contributed by atoms with Crippen molar-refractivity contribution >= 4 is 33.5 Å². The fourth-order valence-corrected chi connectivity index (χ4v) is 2.70. The highest BCUT2D eigenvalue weighted by molar-refractivity contribution is 6.00. The van der Waals surface area contributed by atoms with E-state index < -0.39 is 4.92 Å². The van der Waals surface area contributed by atoms with Crippen LogP contribution in [0.25, 0.3) is 10.8 Å². The number of benzene rings is 3. The van der Waals surface area contributed by atoms with Gasteiger partial charge in [-0.25, -0.2) is 0 Å². The topological polar surface area (TPSA) is 127 Å². The number of rotatable bonds is 4. The maximum Gasteiger partial charge on any atom is 0.272 e. The summed E-state index contributed by atoms with van der Waals surface area (Å²) in [5.41, 5.74) is 0.977. The highest BCUT2D eigenvalue weighted by Crippen LogP contribution is 2.34. The molecule has 0 radical (unpaired) electrons. The van der Waals surface area contributed by atoms with Gasteiger partial charge < -0.3 is 5.32 Å². The van der Waals surface area contributed by atoms with Gasteiger partial charge in [-0.1, -0.05) is 24.3 Å². The predicted molar refractivity (Wildman–Crippen MR) is 100 cm³/mol. The van der Waals surface area contributed by atoms with E-state index in [4.69, 9.17) is 0 Å². The Morgan fingerprint density at radius 2 is 1.63 bits per heavy atom. The Bertz CT molecular complexity index is 1140. The maximum atomic E-state index is 11.0. The third-order valence-corrected chi connectivity index (χ3v) is 3.97. The lowest BCUT2D eigenvalue weighted by atomic mass is 10.1. The Morgan fingerprint density at radius 1 is 1.00 bits per heavy atom. The first-order valence-corrected chi connectivity index (χ1v) is 7.83. The molecule has 0 amide bonds. The van der Waals surface area contributed by atoms with Gasteiger partial charge in [0.25, 0.3) is 5.69 Å². The highest BCUT2D eigenvalue weighted by Gasteiger charge is 2.17. The summed E-state index contributed by atoms with van der Waals surface area (Å²) in [6.45, 7) is 0. The second-order valence-corrected chi connectivity index (χ2v) is 5.50. The fourth-order valence-electron chi connectivity index (χ4n) is 2.70. The first kappa shape index (κ1) is 17.5.